The van der Waals surface area contributed by atoms with Crippen molar-refractivity contribution in [1.82, 2.24) is 14.5 Å². The summed E-state index contributed by atoms with van der Waals surface area (Å²) in [4.78, 5) is 21.0. The molecule has 0 spiro atoms. The number of piperazine rings is 1. The number of aliphatic hydroxyl groups is 1. The summed E-state index contributed by atoms with van der Waals surface area (Å²) in [7, 11) is -0.407. The summed E-state index contributed by atoms with van der Waals surface area (Å²) < 4.78 is 27.3. The van der Waals surface area contributed by atoms with E-state index in [1.165, 1.54) is 24.0 Å². The molecule has 0 radical (unpaired) electrons. The molecule has 0 aromatic heterocycles. The summed E-state index contributed by atoms with van der Waals surface area (Å²) >= 11 is 6.49. The largest absolute Gasteiger partial charge is 0.491 e. The van der Waals surface area contributed by atoms with E-state index in [9.17, 15) is 9.00 Å². The highest BCUT2D eigenvalue weighted by molar-refractivity contribution is 7.83. The molecule has 0 bridgehead atoms. The van der Waals surface area contributed by atoms with Crippen LogP contribution in [0.5, 0.6) is 5.75 Å². The molecule has 3 fully saturated rings. The van der Waals surface area contributed by atoms with Crippen molar-refractivity contribution in [2.45, 2.75) is 65.3 Å². The lowest BCUT2D eigenvalue weighted by Gasteiger charge is -2.48. The van der Waals surface area contributed by atoms with Crippen LogP contribution in [0.15, 0.2) is 48.6 Å². The average molecular weight is 757 g/mol. The van der Waals surface area contributed by atoms with Gasteiger partial charge in [0.2, 0.25) is 0 Å². The number of aryl methyl sites for hydroxylation is 1. The Labute approximate surface area is 319 Å². The van der Waals surface area contributed by atoms with Crippen LogP contribution in [0.2, 0.25) is 5.02 Å². The van der Waals surface area contributed by atoms with Crippen LogP contribution >= 0.6 is 11.6 Å². The van der Waals surface area contributed by atoms with Crippen LogP contribution in [0.4, 0.5) is 5.69 Å². The normalized spacial score (nSPS) is 24.8. The number of fused-ring (bicyclic) bond motifs is 2. The van der Waals surface area contributed by atoms with Crippen molar-refractivity contribution < 1.29 is 23.6 Å². The highest BCUT2D eigenvalue weighted by atomic mass is 35.5. The lowest BCUT2D eigenvalue weighted by Crippen LogP contribution is -2.59. The third kappa shape index (κ3) is 10.4. The number of amides is 1. The number of carbonyl (C=O) groups is 1. The summed E-state index contributed by atoms with van der Waals surface area (Å²) in [6.07, 6.45) is 9.36. The molecule has 6 atom stereocenters. The van der Waals surface area contributed by atoms with Crippen molar-refractivity contribution in [3.05, 3.63) is 70.3 Å². The minimum Gasteiger partial charge on any atom is -0.491 e. The predicted octanol–water partition coefficient (Wildman–Crippen LogP) is 6.17. The van der Waals surface area contributed by atoms with Crippen LogP contribution in [-0.4, -0.2) is 110 Å². The first-order valence-electron chi connectivity index (χ1n) is 19.4. The van der Waals surface area contributed by atoms with Crippen LogP contribution in [0, 0.1) is 23.7 Å². The van der Waals surface area contributed by atoms with E-state index in [0.717, 1.165) is 95.4 Å². The average Bonchev–Trinajstić information content (AvgIpc) is 3.32. The second kappa shape index (κ2) is 19.7. The molecular weight excluding hydrogens is 696 g/mol. The molecule has 4 aliphatic rings. The van der Waals surface area contributed by atoms with Gasteiger partial charge in [-0.3, -0.25) is 19.3 Å². The van der Waals surface area contributed by atoms with E-state index < -0.39 is 11.0 Å². The van der Waals surface area contributed by atoms with Crippen LogP contribution in [0.1, 0.15) is 74.4 Å². The summed E-state index contributed by atoms with van der Waals surface area (Å²) in [5.41, 5.74) is 4.02. The molecule has 2 saturated heterocycles. The minimum atomic E-state index is -1.41. The number of allylic oxidation sites excluding steroid dienone is 1. The Kier molecular flexibility index (Phi) is 15.5. The van der Waals surface area contributed by atoms with Gasteiger partial charge < -0.3 is 19.5 Å². The number of aliphatic hydroxyl groups excluding tert-OH is 1. The fraction of sp³-hybridized carbons (Fsp3) is 0.634. The standard InChI is InChI=1S/C40H57ClN4O4S.CH4O/c1-5-7-29-20-34(41)12-14-36(29)33-24-45(38-21-30(11-15-39(38)49-26-33)40(46)42-50(47)6-2)23-32-10-13-37(32)31(9-8-28(3)4)22-43-16-17-44-18-19-48-27-35(44)25-43;1-2/h8-9,11-12,14-15,20-21,28,31-33,35,37H,5-7,10,13,16-19,22-27H2,1-4H3,(H,42,46);2H,1H3/b9-8+;. The highest BCUT2D eigenvalue weighted by Crippen LogP contribution is 2.44. The summed E-state index contributed by atoms with van der Waals surface area (Å²) in [5, 5.41) is 7.77. The number of morpholine rings is 1. The van der Waals surface area contributed by atoms with Gasteiger partial charge >= 0.3 is 0 Å². The van der Waals surface area contributed by atoms with Crippen LogP contribution in [0.3, 0.4) is 0 Å². The smallest absolute Gasteiger partial charge is 0.263 e. The lowest BCUT2D eigenvalue weighted by atomic mass is 9.66. The van der Waals surface area contributed by atoms with Crippen molar-refractivity contribution in [3.8, 4) is 5.75 Å². The maximum atomic E-state index is 13.2. The number of halogens is 1. The number of ether oxygens (including phenoxy) is 2. The number of rotatable bonds is 13. The SMILES string of the molecule is CCCc1cc(Cl)ccc1C1COc2ccc(C(=O)NS(=O)CC)cc2N(CC2CCC2C(/C=C/C(C)C)CN2CCN3CCOCC3C2)C1.CO. The van der Waals surface area contributed by atoms with Crippen LogP contribution in [-0.2, 0) is 22.1 Å². The third-order valence-corrected chi connectivity index (χ3v) is 12.4. The van der Waals surface area contributed by atoms with Gasteiger partial charge in [0.1, 0.15) is 16.7 Å². The number of hydrogen-bond acceptors (Lipinski definition) is 8. The van der Waals surface area contributed by atoms with E-state index >= 15 is 0 Å². The topological polar surface area (TPSA) is 94.6 Å². The number of nitrogens with one attached hydrogen (secondary N) is 1. The van der Waals surface area contributed by atoms with Gasteiger partial charge in [0.15, 0.2) is 0 Å². The number of benzene rings is 2. The molecule has 3 aliphatic heterocycles. The Balaban J connectivity index is 0.00000257. The van der Waals surface area contributed by atoms with E-state index in [0.29, 0.717) is 47.6 Å². The zero-order valence-corrected chi connectivity index (χ0v) is 33.5. The van der Waals surface area contributed by atoms with Crippen molar-refractivity contribution >= 4 is 34.2 Å². The van der Waals surface area contributed by atoms with Gasteiger partial charge in [-0.15, -0.1) is 0 Å². The Morgan fingerprint density at radius 2 is 1.88 bits per heavy atom. The van der Waals surface area contributed by atoms with Crippen molar-refractivity contribution in [2.24, 2.45) is 23.7 Å². The molecule has 1 saturated carbocycles. The first-order chi connectivity index (χ1) is 25.2. The predicted molar refractivity (Wildman–Crippen MR) is 213 cm³/mol. The third-order valence-electron chi connectivity index (χ3n) is 11.2. The fourth-order valence-corrected chi connectivity index (χ4v) is 9.00. The number of anilines is 1. The molecule has 2 aromatic carbocycles. The minimum absolute atomic E-state index is 0.148. The molecular formula is C41H61ClN4O5S. The fourth-order valence-electron chi connectivity index (χ4n) is 8.34. The molecule has 1 aliphatic carbocycles. The quantitative estimate of drug-likeness (QED) is 0.235. The van der Waals surface area contributed by atoms with Gasteiger partial charge in [-0.05, 0) is 84.4 Å². The van der Waals surface area contributed by atoms with Gasteiger partial charge in [-0.2, -0.15) is 0 Å². The number of hydrogen-bond donors (Lipinski definition) is 2. The maximum absolute atomic E-state index is 13.2. The number of carbonyl (C=O) groups excluding carboxylic acids is 1. The van der Waals surface area contributed by atoms with E-state index in [-0.39, 0.29) is 11.8 Å². The Morgan fingerprint density at radius 3 is 2.62 bits per heavy atom. The monoisotopic (exact) mass is 756 g/mol. The van der Waals surface area contributed by atoms with E-state index in [4.69, 9.17) is 26.2 Å². The first-order valence-corrected chi connectivity index (χ1v) is 21.1. The van der Waals surface area contributed by atoms with Crippen molar-refractivity contribution in [2.75, 3.05) is 83.4 Å². The summed E-state index contributed by atoms with van der Waals surface area (Å²) in [6, 6.07) is 12.5. The summed E-state index contributed by atoms with van der Waals surface area (Å²) in [6.45, 7) is 17.9. The molecule has 3 heterocycles. The molecule has 9 nitrogen and oxygen atoms in total. The molecule has 6 rings (SSSR count). The zero-order chi connectivity index (χ0) is 37.2. The van der Waals surface area contributed by atoms with E-state index in [1.54, 1.807) is 13.0 Å². The van der Waals surface area contributed by atoms with E-state index in [2.05, 4.69) is 64.5 Å². The van der Waals surface area contributed by atoms with Crippen LogP contribution in [0.25, 0.3) is 0 Å². The Bertz CT molecular complexity index is 1520. The van der Waals surface area contributed by atoms with Crippen molar-refractivity contribution in [1.29, 1.82) is 0 Å². The van der Waals surface area contributed by atoms with Gasteiger partial charge in [-0.25, -0.2) is 4.21 Å². The second-order valence-electron chi connectivity index (χ2n) is 15.1. The van der Waals surface area contributed by atoms with Gasteiger partial charge in [0.05, 0.1) is 25.5 Å². The van der Waals surface area contributed by atoms with Gasteiger partial charge in [0, 0.05) is 81.2 Å². The zero-order valence-electron chi connectivity index (χ0n) is 31.9. The molecule has 1 amide bonds. The second-order valence-corrected chi connectivity index (χ2v) is 17.0. The highest BCUT2D eigenvalue weighted by Gasteiger charge is 2.40. The lowest BCUT2D eigenvalue weighted by molar-refractivity contribution is -0.0492. The van der Waals surface area contributed by atoms with Gasteiger partial charge in [0.25, 0.3) is 5.91 Å². The Hall–Kier alpha value is -2.47. The maximum Gasteiger partial charge on any atom is 0.263 e. The number of nitrogens with zero attached hydrogens (tertiary/aromatic N) is 3. The van der Waals surface area contributed by atoms with Crippen molar-refractivity contribution in [3.63, 3.8) is 0 Å². The molecule has 288 valence electrons. The Morgan fingerprint density at radius 1 is 1.06 bits per heavy atom. The first kappa shape index (κ1) is 40.7. The molecule has 11 heteroatoms. The molecule has 2 N–H and O–H groups in total. The molecule has 6 unspecified atom stereocenters. The van der Waals surface area contributed by atoms with E-state index in [1.807, 2.05) is 18.2 Å². The molecule has 52 heavy (non-hydrogen) atoms. The summed E-state index contributed by atoms with van der Waals surface area (Å²) in [5.74, 6) is 3.10. The van der Waals surface area contributed by atoms with Gasteiger partial charge in [-0.1, -0.05) is 63.9 Å². The molecule has 2 aromatic rings. The van der Waals surface area contributed by atoms with Crippen LogP contribution < -0.4 is 14.4 Å².